The smallest absolute Gasteiger partial charge is 0.127 e. The number of rotatable bonds is 3. The molecule has 0 fully saturated rings. The molecule has 0 aliphatic heterocycles. The fraction of sp³-hybridized carbons (Fsp3) is 0. The lowest BCUT2D eigenvalue weighted by molar-refractivity contribution is 0.675. The monoisotopic (exact) mass is 876 g/mol. The molecule has 0 spiro atoms. The number of fused-ring (bicyclic) bond motifs is 8. The number of furan rings is 1. The Labute approximate surface area is 472 Å². The van der Waals surface area contributed by atoms with Gasteiger partial charge in [0.05, 0.1) is 0 Å². The molecular formula is C46B28O. The van der Waals surface area contributed by atoms with Crippen LogP contribution in [0.1, 0.15) is 0 Å². The van der Waals surface area contributed by atoms with Crippen LogP contribution in [0.3, 0.4) is 0 Å². The molecule has 1 nitrogen and oxygen atoms in total. The van der Waals surface area contributed by atoms with Crippen LogP contribution in [0.5, 0.6) is 0 Å². The van der Waals surface area contributed by atoms with Gasteiger partial charge in [-0.05, 0) is 76.5 Å². The van der Waals surface area contributed by atoms with E-state index in [9.17, 15) is 0 Å². The first kappa shape index (κ1) is 54.0. The van der Waals surface area contributed by atoms with Crippen LogP contribution in [0, 0.1) is 0 Å². The van der Waals surface area contributed by atoms with Gasteiger partial charge in [0.2, 0.25) is 0 Å². The predicted molar refractivity (Wildman–Crippen MR) is 351 cm³/mol. The summed E-state index contributed by atoms with van der Waals surface area (Å²) in [6.07, 6.45) is 0. The Morgan fingerprint density at radius 3 is 0.693 bits per heavy atom. The van der Waals surface area contributed by atoms with Crippen LogP contribution >= 0.6 is 0 Å². The molecule has 10 aromatic rings. The fourth-order valence-electron chi connectivity index (χ4n) is 10.7. The largest absolute Gasteiger partial charge is 0.457 e. The van der Waals surface area contributed by atoms with E-state index in [4.69, 9.17) is 224 Å². The van der Waals surface area contributed by atoms with Crippen molar-refractivity contribution in [2.75, 3.05) is 0 Å². The van der Waals surface area contributed by atoms with E-state index in [0.29, 0.717) is 0 Å². The molecule has 56 radical (unpaired) electrons. The third kappa shape index (κ3) is 6.85. The van der Waals surface area contributed by atoms with Gasteiger partial charge in [0, 0.05) is 10.8 Å². The molecule has 9 aromatic carbocycles. The summed E-state index contributed by atoms with van der Waals surface area (Å²) in [5.41, 5.74) is -5.27. The third-order valence-corrected chi connectivity index (χ3v) is 14.7. The van der Waals surface area contributed by atoms with Gasteiger partial charge in [-0.2, -0.15) is 0 Å². The molecule has 1 aromatic heterocycles. The van der Waals surface area contributed by atoms with Crippen molar-refractivity contribution in [3.05, 3.63) is 0 Å². The number of hydrogen-bond acceptors (Lipinski definition) is 1. The first-order chi connectivity index (χ1) is 35.0. The molecule has 10 rings (SSSR count). The van der Waals surface area contributed by atoms with Gasteiger partial charge in [-0.1, -0.05) is 92.9 Å². The molecular weight excluding hydrogens is 871 g/mol. The van der Waals surface area contributed by atoms with Gasteiger partial charge in [0.15, 0.2) is 0 Å². The molecule has 274 valence electrons. The summed E-state index contributed by atoms with van der Waals surface area (Å²) in [7, 11) is 191. The molecule has 0 saturated carbocycles. The number of hydrogen-bond donors (Lipinski definition) is 0. The van der Waals surface area contributed by atoms with Crippen LogP contribution in [0.25, 0.3) is 98.4 Å². The van der Waals surface area contributed by atoms with Gasteiger partial charge in [0.1, 0.15) is 231 Å². The summed E-state index contributed by atoms with van der Waals surface area (Å²) in [6.45, 7) is 0. The fourth-order valence-corrected chi connectivity index (χ4v) is 10.7. The number of benzene rings is 9. The molecule has 0 bridgehead atoms. The lowest BCUT2D eigenvalue weighted by atomic mass is 9.55. The van der Waals surface area contributed by atoms with Crippen LogP contribution in [-0.2, 0) is 0 Å². The average molecular weight is 871 g/mol. The minimum atomic E-state index is -0.286. The Kier molecular flexibility index (Phi) is 13.0. The van der Waals surface area contributed by atoms with E-state index in [1.165, 1.54) is 0 Å². The molecule has 29 heteroatoms. The van der Waals surface area contributed by atoms with Gasteiger partial charge in [-0.25, -0.2) is 0 Å². The van der Waals surface area contributed by atoms with E-state index in [2.05, 4.69) is 0 Å². The van der Waals surface area contributed by atoms with E-state index in [1.54, 1.807) is 0 Å². The minimum absolute atomic E-state index is 0.00682. The average Bonchev–Trinajstić information content (AvgIpc) is 3.79. The predicted octanol–water partition coefficient (Wildman–Crippen LogP) is -20.6. The Morgan fingerprint density at radius 2 is 0.320 bits per heavy atom. The maximum Gasteiger partial charge on any atom is 0.127 e. The molecule has 75 heavy (non-hydrogen) atoms. The van der Waals surface area contributed by atoms with Gasteiger partial charge in [-0.3, -0.25) is 0 Å². The van der Waals surface area contributed by atoms with Gasteiger partial charge in [-0.15, -0.1) is 60.1 Å². The zero-order valence-electron chi connectivity index (χ0n) is 39.6. The van der Waals surface area contributed by atoms with Crippen LogP contribution < -0.4 is 153 Å². The third-order valence-electron chi connectivity index (χ3n) is 14.7. The van der Waals surface area contributed by atoms with Crippen molar-refractivity contribution >= 4 is 438 Å². The van der Waals surface area contributed by atoms with Crippen molar-refractivity contribution in [2.45, 2.75) is 0 Å². The highest BCUT2D eigenvalue weighted by molar-refractivity contribution is 6.78. The first-order valence-electron chi connectivity index (χ1n) is 22.0. The second kappa shape index (κ2) is 18.1. The van der Waals surface area contributed by atoms with E-state index in [0.717, 1.165) is 0 Å². The molecule has 0 amide bonds. The SMILES string of the molecule is [B]c1c([B])c(-c2c3c([B])c([B])c([B])c([B])c3c(-c3c([B])c([B])c4oc5c([B])c([B])c([B])c([B])c5c4c3[B])c3c([B])c([B])c([B])c([B])c23)c([B])c(-c2c([B])c3c([B])c([B])c([B])c([B])c3c3c([B])c([B])c([B])c([B])c23)c1[B]. The van der Waals surface area contributed by atoms with Gasteiger partial charge < -0.3 is 4.42 Å². The normalized spacial score (nSPS) is 11.9. The van der Waals surface area contributed by atoms with E-state index in [1.807, 2.05) is 0 Å². The van der Waals surface area contributed by atoms with Crippen molar-refractivity contribution in [3.63, 3.8) is 0 Å². The standard InChI is InChI=1S/C46B28O/c47-17-9(7-8(25(55)38(68)37(67)24(7)54)10-14(17)29(59)40(70)39(69)26(10)56)13-18(48)11(27(57)32(62)28(13)58)1-3-5(22(52)35(65)33(63)20(3)50)2(6-4(1)21(51)34(64)36(66)23(6)53)12-19(49)15-16-31(61)41(71)42(72)44(74)46(16)75-45(15)43(73)30(12)60. The van der Waals surface area contributed by atoms with Crippen LogP contribution in [-0.4, -0.2) is 220 Å². The zero-order chi connectivity index (χ0) is 55.3. The minimum Gasteiger partial charge on any atom is -0.457 e. The molecule has 0 aliphatic carbocycles. The van der Waals surface area contributed by atoms with Crippen LogP contribution in [0.2, 0.25) is 0 Å². The Bertz CT molecular complexity index is 4360. The Hall–Kier alpha value is -4.36. The molecule has 0 unspecified atom stereocenters. The lowest BCUT2D eigenvalue weighted by Crippen LogP contribution is -2.52. The Balaban J connectivity index is 1.52. The van der Waals surface area contributed by atoms with Crippen LogP contribution in [0.4, 0.5) is 0 Å². The summed E-state index contributed by atoms with van der Waals surface area (Å²) in [6, 6.07) is 0. The summed E-state index contributed by atoms with van der Waals surface area (Å²) in [4.78, 5) is 0. The second-order valence-electron chi connectivity index (χ2n) is 18.3. The topological polar surface area (TPSA) is 13.1 Å². The summed E-state index contributed by atoms with van der Waals surface area (Å²) in [5.74, 6) is 0. The highest BCUT2D eigenvalue weighted by Crippen LogP contribution is 2.40. The van der Waals surface area contributed by atoms with E-state index >= 15 is 0 Å². The van der Waals surface area contributed by atoms with Crippen LogP contribution in [0.15, 0.2) is 4.42 Å². The summed E-state index contributed by atoms with van der Waals surface area (Å²) in [5, 5.41) is 0.296. The molecule has 0 aliphatic rings. The van der Waals surface area contributed by atoms with Crippen molar-refractivity contribution in [1.82, 2.24) is 0 Å². The summed E-state index contributed by atoms with van der Waals surface area (Å²) < 4.78 is 6.19. The van der Waals surface area contributed by atoms with Crippen molar-refractivity contribution in [1.29, 1.82) is 0 Å². The quantitative estimate of drug-likeness (QED) is 0.0979. The maximum absolute atomic E-state index is 7.50. The summed E-state index contributed by atoms with van der Waals surface area (Å²) >= 11 is 0. The van der Waals surface area contributed by atoms with E-state index < -0.39 is 0 Å². The second-order valence-corrected chi connectivity index (χ2v) is 18.3. The Morgan fingerprint density at radius 1 is 0.120 bits per heavy atom. The van der Waals surface area contributed by atoms with E-state index in [-0.39, 0.29) is 251 Å². The van der Waals surface area contributed by atoms with Crippen molar-refractivity contribution in [3.8, 4) is 33.4 Å². The zero-order valence-corrected chi connectivity index (χ0v) is 39.6. The molecule has 0 atom stereocenters. The van der Waals surface area contributed by atoms with Crippen molar-refractivity contribution in [2.24, 2.45) is 0 Å². The first-order valence-corrected chi connectivity index (χ1v) is 22.0. The molecule has 1 heterocycles. The highest BCUT2D eigenvalue weighted by Gasteiger charge is 2.32. The molecule has 0 N–H and O–H groups in total. The maximum atomic E-state index is 7.50. The highest BCUT2D eigenvalue weighted by atomic mass is 16.3. The van der Waals surface area contributed by atoms with Gasteiger partial charge >= 0.3 is 0 Å². The van der Waals surface area contributed by atoms with Crippen molar-refractivity contribution < 1.29 is 4.42 Å². The van der Waals surface area contributed by atoms with Gasteiger partial charge in [0.25, 0.3) is 0 Å². The lowest BCUT2D eigenvalue weighted by Gasteiger charge is -2.33. The molecule has 0 saturated heterocycles.